The number of benzene rings is 2. The summed E-state index contributed by atoms with van der Waals surface area (Å²) in [7, 11) is 1.66. The van der Waals surface area contributed by atoms with Crippen molar-refractivity contribution in [2.45, 2.75) is 32.4 Å². The highest BCUT2D eigenvalue weighted by Crippen LogP contribution is 2.36. The molecule has 0 amide bonds. The van der Waals surface area contributed by atoms with Crippen molar-refractivity contribution in [3.8, 4) is 11.5 Å². The maximum Gasteiger partial charge on any atom is 0.175 e. The van der Waals surface area contributed by atoms with Crippen LogP contribution in [-0.2, 0) is 6.54 Å². The molecule has 0 heterocycles. The summed E-state index contributed by atoms with van der Waals surface area (Å²) in [5.41, 5.74) is 2.47. The summed E-state index contributed by atoms with van der Waals surface area (Å²) >= 11 is 3.58. The van der Waals surface area contributed by atoms with E-state index >= 15 is 0 Å². The van der Waals surface area contributed by atoms with Gasteiger partial charge in [0.25, 0.3) is 0 Å². The molecule has 142 valence electrons. The van der Waals surface area contributed by atoms with Gasteiger partial charge in [-0.3, -0.25) is 0 Å². The predicted octanol–water partition coefficient (Wildman–Crippen LogP) is 6.08. The van der Waals surface area contributed by atoms with Crippen LogP contribution in [0.1, 0.15) is 36.9 Å². The molecule has 0 spiro atoms. The van der Waals surface area contributed by atoms with Crippen molar-refractivity contribution < 1.29 is 9.47 Å². The van der Waals surface area contributed by atoms with E-state index in [0.29, 0.717) is 18.4 Å². The molecular weight excluding hydrogens is 414 g/mol. The highest BCUT2D eigenvalue weighted by Gasteiger charge is 2.14. The van der Waals surface area contributed by atoms with Gasteiger partial charge in [0.1, 0.15) is 6.61 Å². The van der Waals surface area contributed by atoms with Crippen LogP contribution in [0.3, 0.4) is 0 Å². The molecule has 0 saturated carbocycles. The van der Waals surface area contributed by atoms with E-state index in [4.69, 9.17) is 9.47 Å². The minimum atomic E-state index is 0. The van der Waals surface area contributed by atoms with E-state index < -0.39 is 0 Å². The molecule has 0 bridgehead atoms. The van der Waals surface area contributed by atoms with Crippen molar-refractivity contribution in [1.82, 2.24) is 5.32 Å². The van der Waals surface area contributed by atoms with E-state index in [1.807, 2.05) is 6.07 Å². The Kier molecular flexibility index (Phi) is 10.4. The van der Waals surface area contributed by atoms with Crippen LogP contribution < -0.4 is 14.8 Å². The van der Waals surface area contributed by atoms with Crippen LogP contribution in [0.5, 0.6) is 11.5 Å². The molecule has 0 saturated heterocycles. The van der Waals surface area contributed by atoms with Crippen molar-refractivity contribution in [1.29, 1.82) is 0 Å². The van der Waals surface area contributed by atoms with Gasteiger partial charge in [-0.2, -0.15) is 0 Å². The minimum Gasteiger partial charge on any atom is -0.493 e. The van der Waals surface area contributed by atoms with Gasteiger partial charge in [0.05, 0.1) is 11.6 Å². The Balaban J connectivity index is 0.00000338. The topological polar surface area (TPSA) is 30.5 Å². The fourth-order valence-electron chi connectivity index (χ4n) is 2.76. The molecule has 26 heavy (non-hydrogen) atoms. The summed E-state index contributed by atoms with van der Waals surface area (Å²) in [6, 6.07) is 15.0. The summed E-state index contributed by atoms with van der Waals surface area (Å²) in [6.07, 6.45) is 3.95. The first kappa shape index (κ1) is 22.6. The molecule has 2 rings (SSSR count). The third kappa shape index (κ3) is 6.35. The standard InChI is InChI=1S/C21H26BrNO2.ClH/c1-4-9-19(17-10-7-6-8-11-17)23-15-16-13-18(22)21(25-12-5-2)20(14-16)24-3;/h5-8,10-11,13-14,19,23H,2,4,9,12,15H2,1,3H3;1H. The first-order chi connectivity index (χ1) is 12.2. The molecule has 0 radical (unpaired) electrons. The zero-order chi connectivity index (χ0) is 18.1. The quantitative estimate of drug-likeness (QED) is 0.454. The third-order valence-corrected chi connectivity index (χ3v) is 4.56. The fourth-order valence-corrected chi connectivity index (χ4v) is 3.36. The third-order valence-electron chi connectivity index (χ3n) is 3.97. The van der Waals surface area contributed by atoms with Gasteiger partial charge in [0, 0.05) is 12.6 Å². The van der Waals surface area contributed by atoms with Gasteiger partial charge in [-0.1, -0.05) is 56.3 Å². The minimum absolute atomic E-state index is 0. The summed E-state index contributed by atoms with van der Waals surface area (Å²) < 4.78 is 12.1. The molecule has 5 heteroatoms. The van der Waals surface area contributed by atoms with Gasteiger partial charge >= 0.3 is 0 Å². The van der Waals surface area contributed by atoms with Crippen molar-refractivity contribution in [3.05, 3.63) is 70.7 Å². The van der Waals surface area contributed by atoms with Crippen LogP contribution in [0, 0.1) is 0 Å². The lowest BCUT2D eigenvalue weighted by Gasteiger charge is -2.20. The molecule has 0 aliphatic heterocycles. The second kappa shape index (κ2) is 12.0. The van der Waals surface area contributed by atoms with E-state index in [1.54, 1.807) is 13.2 Å². The maximum atomic E-state index is 5.69. The molecule has 2 aromatic carbocycles. The zero-order valence-corrected chi connectivity index (χ0v) is 17.7. The van der Waals surface area contributed by atoms with E-state index in [-0.39, 0.29) is 12.4 Å². The number of hydrogen-bond donors (Lipinski definition) is 1. The molecule has 1 atom stereocenters. The maximum absolute atomic E-state index is 5.69. The van der Waals surface area contributed by atoms with Crippen molar-refractivity contribution in [2.75, 3.05) is 13.7 Å². The van der Waals surface area contributed by atoms with Gasteiger partial charge in [-0.05, 0) is 45.6 Å². The molecule has 3 nitrogen and oxygen atoms in total. The van der Waals surface area contributed by atoms with Crippen LogP contribution in [0.4, 0.5) is 0 Å². The Bertz CT molecular complexity index is 679. The van der Waals surface area contributed by atoms with Crippen LogP contribution in [0.25, 0.3) is 0 Å². The van der Waals surface area contributed by atoms with Crippen LogP contribution >= 0.6 is 28.3 Å². The van der Waals surface area contributed by atoms with E-state index in [0.717, 1.165) is 35.2 Å². The molecule has 0 aliphatic rings. The van der Waals surface area contributed by atoms with Crippen molar-refractivity contribution in [3.63, 3.8) is 0 Å². The molecule has 0 aromatic heterocycles. The smallest absolute Gasteiger partial charge is 0.175 e. The SMILES string of the molecule is C=CCOc1c(Br)cc(CNC(CCC)c2ccccc2)cc1OC.Cl. The largest absolute Gasteiger partial charge is 0.493 e. The fraction of sp³-hybridized carbons (Fsp3) is 0.333. The monoisotopic (exact) mass is 439 g/mol. The van der Waals surface area contributed by atoms with Crippen LogP contribution in [0.2, 0.25) is 0 Å². The summed E-state index contributed by atoms with van der Waals surface area (Å²) in [5.74, 6) is 1.43. The predicted molar refractivity (Wildman–Crippen MR) is 115 cm³/mol. The second-order valence-corrected chi connectivity index (χ2v) is 6.70. The Morgan fingerprint density at radius 3 is 2.58 bits per heavy atom. The van der Waals surface area contributed by atoms with Gasteiger partial charge in [-0.15, -0.1) is 12.4 Å². The first-order valence-electron chi connectivity index (χ1n) is 8.58. The Morgan fingerprint density at radius 1 is 1.23 bits per heavy atom. The number of methoxy groups -OCH3 is 1. The lowest BCUT2D eigenvalue weighted by Crippen LogP contribution is -2.20. The zero-order valence-electron chi connectivity index (χ0n) is 15.3. The van der Waals surface area contributed by atoms with E-state index in [1.165, 1.54) is 5.56 Å². The van der Waals surface area contributed by atoms with Gasteiger partial charge in [0.15, 0.2) is 11.5 Å². The molecule has 2 aromatic rings. The second-order valence-electron chi connectivity index (χ2n) is 5.84. The van der Waals surface area contributed by atoms with Gasteiger partial charge in [-0.25, -0.2) is 0 Å². The van der Waals surface area contributed by atoms with Crippen molar-refractivity contribution in [2.24, 2.45) is 0 Å². The van der Waals surface area contributed by atoms with Gasteiger partial charge in [0.2, 0.25) is 0 Å². The number of rotatable bonds is 10. The first-order valence-corrected chi connectivity index (χ1v) is 9.37. The molecule has 0 aliphatic carbocycles. The summed E-state index contributed by atoms with van der Waals surface area (Å²) in [4.78, 5) is 0. The highest BCUT2D eigenvalue weighted by atomic mass is 79.9. The number of nitrogens with one attached hydrogen (secondary N) is 1. The Labute approximate surface area is 171 Å². The number of ether oxygens (including phenoxy) is 2. The van der Waals surface area contributed by atoms with Gasteiger partial charge < -0.3 is 14.8 Å². The number of hydrogen-bond acceptors (Lipinski definition) is 3. The average molecular weight is 441 g/mol. The molecule has 1 N–H and O–H groups in total. The Morgan fingerprint density at radius 2 is 1.96 bits per heavy atom. The average Bonchev–Trinajstić information content (AvgIpc) is 2.64. The lowest BCUT2D eigenvalue weighted by atomic mass is 10.0. The summed E-state index contributed by atoms with van der Waals surface area (Å²) in [5, 5.41) is 3.66. The summed E-state index contributed by atoms with van der Waals surface area (Å²) in [6.45, 7) is 7.10. The Hall–Kier alpha value is -1.49. The van der Waals surface area contributed by atoms with E-state index in [9.17, 15) is 0 Å². The highest BCUT2D eigenvalue weighted by molar-refractivity contribution is 9.10. The molecule has 0 fully saturated rings. The van der Waals surface area contributed by atoms with Crippen molar-refractivity contribution >= 4 is 28.3 Å². The van der Waals surface area contributed by atoms with Crippen LogP contribution in [-0.4, -0.2) is 13.7 Å². The molecular formula is C21H27BrClNO2. The number of halogens is 2. The lowest BCUT2D eigenvalue weighted by molar-refractivity contribution is 0.324. The normalized spacial score (nSPS) is 11.3. The van der Waals surface area contributed by atoms with Crippen LogP contribution in [0.15, 0.2) is 59.6 Å². The van der Waals surface area contributed by atoms with E-state index in [2.05, 4.69) is 71.1 Å². The molecule has 1 unspecified atom stereocenters.